The molecule has 1 fully saturated rings. The lowest BCUT2D eigenvalue weighted by atomic mass is 10.1. The van der Waals surface area contributed by atoms with Crippen molar-refractivity contribution in [1.29, 1.82) is 0 Å². The molecule has 1 heterocycles. The highest BCUT2D eigenvalue weighted by Gasteiger charge is 2.22. The number of rotatable bonds is 2. The van der Waals surface area contributed by atoms with Gasteiger partial charge in [0.1, 0.15) is 5.75 Å². The monoisotopic (exact) mass is 269 g/mol. The Hall–Kier alpha value is -1.59. The van der Waals surface area contributed by atoms with Gasteiger partial charge in [-0.25, -0.2) is 4.79 Å². The second-order valence-electron chi connectivity index (χ2n) is 3.74. The molecule has 18 heavy (non-hydrogen) atoms. The Kier molecular flexibility index (Phi) is 4.17. The molecule has 1 aliphatic heterocycles. The molecule has 0 aliphatic carbocycles. The predicted molar refractivity (Wildman–Crippen MR) is 65.0 cm³/mol. The molecule has 0 atom stereocenters. The van der Waals surface area contributed by atoms with Crippen molar-refractivity contribution in [1.82, 2.24) is 4.90 Å². The van der Waals surface area contributed by atoms with E-state index in [2.05, 4.69) is 0 Å². The summed E-state index contributed by atoms with van der Waals surface area (Å²) in [7, 11) is 0. The van der Waals surface area contributed by atoms with Gasteiger partial charge in [0.2, 0.25) is 0 Å². The third-order valence-corrected chi connectivity index (χ3v) is 2.68. The summed E-state index contributed by atoms with van der Waals surface area (Å²) in [6.07, 6.45) is 0. The molecule has 1 amide bonds. The summed E-state index contributed by atoms with van der Waals surface area (Å²) in [5.41, 5.74) is -0.634. The zero-order valence-electron chi connectivity index (χ0n) is 9.60. The van der Waals surface area contributed by atoms with Gasteiger partial charge < -0.3 is 14.4 Å². The maximum absolute atomic E-state index is 12.2. The van der Waals surface area contributed by atoms with Gasteiger partial charge in [0, 0.05) is 24.7 Å². The van der Waals surface area contributed by atoms with Crippen molar-refractivity contribution >= 4 is 22.9 Å². The summed E-state index contributed by atoms with van der Waals surface area (Å²) in [4.78, 5) is 24.7. The molecule has 0 N–H and O–H groups in total. The van der Waals surface area contributed by atoms with Crippen molar-refractivity contribution in [2.24, 2.45) is 0 Å². The van der Waals surface area contributed by atoms with Crippen LogP contribution in [-0.2, 0) is 4.74 Å². The minimum Gasteiger partial charge on any atom is -0.414 e. The second kappa shape index (κ2) is 5.84. The number of hydrogen-bond acceptors (Lipinski definition) is 4. The van der Waals surface area contributed by atoms with E-state index >= 15 is 0 Å². The Balaban J connectivity index is 2.20. The van der Waals surface area contributed by atoms with Crippen LogP contribution < -0.4 is 4.74 Å². The summed E-state index contributed by atoms with van der Waals surface area (Å²) < 4.78 is 9.99. The Morgan fingerprint density at radius 1 is 1.22 bits per heavy atom. The zero-order valence-corrected chi connectivity index (χ0v) is 10.4. The molecule has 0 radical (unpaired) electrons. The molecule has 1 aromatic rings. The summed E-state index contributed by atoms with van der Waals surface area (Å²) in [6.45, 7) is 2.09. The number of hydrogen-bond donors (Lipinski definition) is 0. The van der Waals surface area contributed by atoms with Crippen molar-refractivity contribution in [2.75, 3.05) is 26.3 Å². The highest BCUT2D eigenvalue weighted by atomic mass is 35.5. The summed E-state index contributed by atoms with van der Waals surface area (Å²) in [5.74, 6) is -0.0131. The van der Waals surface area contributed by atoms with Gasteiger partial charge in [0.05, 0.1) is 18.8 Å². The van der Waals surface area contributed by atoms with Crippen LogP contribution in [0.4, 0.5) is 4.79 Å². The van der Waals surface area contributed by atoms with Crippen LogP contribution in [0.25, 0.3) is 0 Å². The molecule has 1 saturated heterocycles. The van der Waals surface area contributed by atoms with Gasteiger partial charge in [0.25, 0.3) is 5.91 Å². The highest BCUT2D eigenvalue weighted by molar-refractivity contribution is 6.61. The van der Waals surface area contributed by atoms with Gasteiger partial charge in [-0.15, -0.1) is 0 Å². The topological polar surface area (TPSA) is 55.8 Å². The number of carbonyl (C=O) groups excluding carboxylic acids is 2. The fraction of sp³-hybridized carbons (Fsp3) is 0.333. The Morgan fingerprint density at radius 2 is 1.89 bits per heavy atom. The van der Waals surface area contributed by atoms with Crippen LogP contribution in [0.3, 0.4) is 0 Å². The molecule has 6 heteroatoms. The molecule has 0 saturated carbocycles. The molecule has 5 nitrogen and oxygen atoms in total. The average Bonchev–Trinajstić information content (AvgIpc) is 2.39. The molecular formula is C12H12ClNO4. The van der Waals surface area contributed by atoms with E-state index in [-0.39, 0.29) is 11.7 Å². The lowest BCUT2D eigenvalue weighted by Crippen LogP contribution is -2.40. The number of nitrogens with zero attached hydrogens (tertiary/aromatic N) is 1. The van der Waals surface area contributed by atoms with Gasteiger partial charge >= 0.3 is 5.43 Å². The number of carbonyl (C=O) groups is 2. The predicted octanol–water partition coefficient (Wildman–Crippen LogP) is 1.90. The Labute approximate surface area is 109 Å². The van der Waals surface area contributed by atoms with Crippen LogP contribution >= 0.6 is 11.6 Å². The third-order valence-electron chi connectivity index (χ3n) is 2.61. The smallest absolute Gasteiger partial charge is 0.409 e. The largest absolute Gasteiger partial charge is 0.414 e. The maximum atomic E-state index is 12.2. The van der Waals surface area contributed by atoms with E-state index in [1.54, 1.807) is 23.1 Å². The quantitative estimate of drug-likeness (QED) is 0.770. The minimum absolute atomic E-state index is 0.175. The molecule has 0 bridgehead atoms. The van der Waals surface area contributed by atoms with E-state index < -0.39 is 5.43 Å². The lowest BCUT2D eigenvalue weighted by Gasteiger charge is -2.27. The Bertz CT molecular complexity index is 457. The first-order chi connectivity index (χ1) is 8.68. The van der Waals surface area contributed by atoms with E-state index in [0.717, 1.165) is 0 Å². The molecule has 0 spiro atoms. The normalized spacial score (nSPS) is 15.3. The third kappa shape index (κ3) is 3.00. The second-order valence-corrected chi connectivity index (χ2v) is 4.05. The van der Waals surface area contributed by atoms with Crippen molar-refractivity contribution < 1.29 is 19.1 Å². The molecule has 96 valence electrons. The summed E-state index contributed by atoms with van der Waals surface area (Å²) in [6, 6.07) is 6.52. The summed E-state index contributed by atoms with van der Waals surface area (Å²) in [5, 5.41) is 0. The van der Waals surface area contributed by atoms with Crippen LogP contribution in [0.5, 0.6) is 5.75 Å². The van der Waals surface area contributed by atoms with Crippen LogP contribution in [0.15, 0.2) is 24.3 Å². The average molecular weight is 270 g/mol. The Morgan fingerprint density at radius 3 is 2.56 bits per heavy atom. The molecule has 0 unspecified atom stereocenters. The fourth-order valence-electron chi connectivity index (χ4n) is 1.76. The number of ether oxygens (including phenoxy) is 2. The van der Waals surface area contributed by atoms with E-state index in [1.165, 1.54) is 6.07 Å². The standard InChI is InChI=1S/C12H12ClNO4/c13-12(16)18-10-4-2-1-3-9(10)11(15)14-5-7-17-8-6-14/h1-4H,5-8H2. The van der Waals surface area contributed by atoms with Gasteiger partial charge in [-0.3, -0.25) is 4.79 Å². The number of morpholine rings is 1. The van der Waals surface area contributed by atoms with E-state index in [1.807, 2.05) is 0 Å². The minimum atomic E-state index is -0.961. The summed E-state index contributed by atoms with van der Waals surface area (Å²) >= 11 is 5.17. The number of halogens is 1. The van der Waals surface area contributed by atoms with Crippen molar-refractivity contribution in [3.63, 3.8) is 0 Å². The van der Waals surface area contributed by atoms with Crippen LogP contribution in [-0.4, -0.2) is 42.5 Å². The molecule has 2 rings (SSSR count). The molecule has 0 aromatic heterocycles. The highest BCUT2D eigenvalue weighted by Crippen LogP contribution is 2.21. The van der Waals surface area contributed by atoms with Gasteiger partial charge in [-0.2, -0.15) is 0 Å². The lowest BCUT2D eigenvalue weighted by molar-refractivity contribution is 0.0301. The van der Waals surface area contributed by atoms with Gasteiger partial charge in [-0.1, -0.05) is 12.1 Å². The molecule has 1 aromatic carbocycles. The number of benzene rings is 1. The van der Waals surface area contributed by atoms with Gasteiger partial charge in [0.15, 0.2) is 0 Å². The fourth-order valence-corrected chi connectivity index (χ4v) is 1.84. The first-order valence-electron chi connectivity index (χ1n) is 5.52. The zero-order chi connectivity index (χ0) is 13.0. The van der Waals surface area contributed by atoms with Crippen LogP contribution in [0, 0.1) is 0 Å². The van der Waals surface area contributed by atoms with Crippen molar-refractivity contribution in [3.05, 3.63) is 29.8 Å². The first kappa shape index (κ1) is 12.9. The van der Waals surface area contributed by atoms with E-state index in [4.69, 9.17) is 21.1 Å². The van der Waals surface area contributed by atoms with Crippen LogP contribution in [0.1, 0.15) is 10.4 Å². The number of para-hydroxylation sites is 1. The van der Waals surface area contributed by atoms with Crippen molar-refractivity contribution in [3.8, 4) is 5.75 Å². The molecular weight excluding hydrogens is 258 g/mol. The molecule has 1 aliphatic rings. The van der Waals surface area contributed by atoms with Crippen LogP contribution in [0.2, 0.25) is 0 Å². The number of amides is 1. The van der Waals surface area contributed by atoms with Gasteiger partial charge in [-0.05, 0) is 12.1 Å². The SMILES string of the molecule is O=C(Cl)Oc1ccccc1C(=O)N1CCOCC1. The first-order valence-corrected chi connectivity index (χ1v) is 5.89. The van der Waals surface area contributed by atoms with E-state index in [9.17, 15) is 9.59 Å². The van der Waals surface area contributed by atoms with Crippen molar-refractivity contribution in [2.45, 2.75) is 0 Å². The van der Waals surface area contributed by atoms with E-state index in [0.29, 0.717) is 31.9 Å². The maximum Gasteiger partial charge on any atom is 0.409 e.